The van der Waals surface area contributed by atoms with Gasteiger partial charge in [-0.3, -0.25) is 0 Å². The van der Waals surface area contributed by atoms with E-state index in [9.17, 15) is 9.90 Å². The SMILES string of the molecule is O=C=NC1(c2ccc(O)c3c2CCCC3)CCCC1. The minimum absolute atomic E-state index is 0.364. The van der Waals surface area contributed by atoms with Crippen LogP contribution in [0.5, 0.6) is 5.75 Å². The maximum Gasteiger partial charge on any atom is 0.235 e. The number of phenolic OH excluding ortho intramolecular Hbond substituents is 1. The van der Waals surface area contributed by atoms with Crippen LogP contribution in [0.3, 0.4) is 0 Å². The Balaban J connectivity index is 2.16. The number of aromatic hydroxyl groups is 1. The molecule has 0 bridgehead atoms. The van der Waals surface area contributed by atoms with Gasteiger partial charge in [-0.1, -0.05) is 18.9 Å². The van der Waals surface area contributed by atoms with E-state index in [2.05, 4.69) is 4.99 Å². The minimum atomic E-state index is -0.364. The quantitative estimate of drug-likeness (QED) is 0.652. The lowest BCUT2D eigenvalue weighted by molar-refractivity contribution is 0.437. The highest BCUT2D eigenvalue weighted by atomic mass is 16.3. The lowest BCUT2D eigenvalue weighted by Crippen LogP contribution is -2.23. The smallest absolute Gasteiger partial charge is 0.235 e. The molecule has 2 aliphatic rings. The molecule has 0 amide bonds. The second kappa shape index (κ2) is 4.82. The van der Waals surface area contributed by atoms with Crippen LogP contribution in [0.4, 0.5) is 0 Å². The van der Waals surface area contributed by atoms with E-state index in [4.69, 9.17) is 0 Å². The molecule has 0 radical (unpaired) electrons. The number of carbonyl (C=O) groups excluding carboxylic acids is 1. The molecule has 3 heteroatoms. The Kier molecular flexibility index (Phi) is 3.16. The summed E-state index contributed by atoms with van der Waals surface area (Å²) in [7, 11) is 0. The molecule has 0 spiro atoms. The zero-order valence-corrected chi connectivity index (χ0v) is 11.1. The van der Waals surface area contributed by atoms with Gasteiger partial charge < -0.3 is 5.11 Å². The van der Waals surface area contributed by atoms with Crippen LogP contribution in [0.1, 0.15) is 55.2 Å². The molecule has 3 rings (SSSR count). The summed E-state index contributed by atoms with van der Waals surface area (Å²) in [5, 5.41) is 10.0. The lowest BCUT2D eigenvalue weighted by atomic mass is 9.79. The Morgan fingerprint density at radius 2 is 1.74 bits per heavy atom. The minimum Gasteiger partial charge on any atom is -0.508 e. The summed E-state index contributed by atoms with van der Waals surface area (Å²) in [6, 6.07) is 3.76. The third-order valence-electron chi connectivity index (χ3n) is 4.70. The van der Waals surface area contributed by atoms with Crippen molar-refractivity contribution in [2.75, 3.05) is 0 Å². The van der Waals surface area contributed by atoms with Crippen molar-refractivity contribution in [3.8, 4) is 5.75 Å². The summed E-state index contributed by atoms with van der Waals surface area (Å²) >= 11 is 0. The molecule has 0 atom stereocenters. The summed E-state index contributed by atoms with van der Waals surface area (Å²) in [5.41, 5.74) is 3.13. The van der Waals surface area contributed by atoms with E-state index in [0.717, 1.165) is 56.9 Å². The molecule has 19 heavy (non-hydrogen) atoms. The van der Waals surface area contributed by atoms with Crippen molar-refractivity contribution in [1.29, 1.82) is 0 Å². The molecule has 0 saturated heterocycles. The Labute approximate surface area is 113 Å². The first kappa shape index (κ1) is 12.4. The molecule has 1 aromatic carbocycles. The number of hydrogen-bond donors (Lipinski definition) is 1. The van der Waals surface area contributed by atoms with Crippen LogP contribution in [0, 0.1) is 0 Å². The van der Waals surface area contributed by atoms with E-state index in [-0.39, 0.29) is 5.54 Å². The molecule has 0 aliphatic heterocycles. The van der Waals surface area contributed by atoms with Gasteiger partial charge in [0.05, 0.1) is 5.54 Å². The Bertz CT molecular complexity index is 538. The first-order valence-electron chi connectivity index (χ1n) is 7.20. The first-order chi connectivity index (χ1) is 9.27. The highest BCUT2D eigenvalue weighted by molar-refractivity contribution is 5.50. The van der Waals surface area contributed by atoms with Crippen LogP contribution in [0.25, 0.3) is 0 Å². The number of isocyanates is 1. The van der Waals surface area contributed by atoms with Crippen molar-refractivity contribution in [2.24, 2.45) is 4.99 Å². The largest absolute Gasteiger partial charge is 0.508 e. The fourth-order valence-electron chi connectivity index (χ4n) is 3.77. The van der Waals surface area contributed by atoms with Gasteiger partial charge in [-0.05, 0) is 61.3 Å². The third kappa shape index (κ3) is 1.98. The van der Waals surface area contributed by atoms with Crippen molar-refractivity contribution in [3.05, 3.63) is 28.8 Å². The summed E-state index contributed by atoms with van der Waals surface area (Å²) < 4.78 is 0. The van der Waals surface area contributed by atoms with E-state index < -0.39 is 0 Å². The fourth-order valence-corrected chi connectivity index (χ4v) is 3.77. The van der Waals surface area contributed by atoms with Crippen molar-refractivity contribution < 1.29 is 9.90 Å². The average Bonchev–Trinajstić information content (AvgIpc) is 2.89. The standard InChI is InChI=1S/C16H19NO2/c18-11-17-16(9-3-4-10-16)14-7-8-15(19)13-6-2-1-5-12(13)14/h7-8,19H,1-6,9-10H2. The molecule has 3 nitrogen and oxygen atoms in total. The Morgan fingerprint density at radius 1 is 1.05 bits per heavy atom. The zero-order valence-electron chi connectivity index (χ0n) is 11.1. The van der Waals surface area contributed by atoms with Gasteiger partial charge in [0, 0.05) is 0 Å². The molecule has 100 valence electrons. The Morgan fingerprint density at radius 3 is 2.42 bits per heavy atom. The monoisotopic (exact) mass is 257 g/mol. The topological polar surface area (TPSA) is 49.7 Å². The second-order valence-corrected chi connectivity index (χ2v) is 5.74. The van der Waals surface area contributed by atoms with Gasteiger partial charge in [0.2, 0.25) is 6.08 Å². The predicted octanol–water partition coefficient (Wildman–Crippen LogP) is 3.38. The van der Waals surface area contributed by atoms with Crippen LogP contribution in [-0.4, -0.2) is 11.2 Å². The van der Waals surface area contributed by atoms with Crippen LogP contribution >= 0.6 is 0 Å². The zero-order chi connectivity index (χ0) is 13.3. The van der Waals surface area contributed by atoms with Gasteiger partial charge >= 0.3 is 0 Å². The van der Waals surface area contributed by atoms with Crippen LogP contribution < -0.4 is 0 Å². The molecular weight excluding hydrogens is 238 g/mol. The van der Waals surface area contributed by atoms with E-state index in [1.165, 1.54) is 11.1 Å². The number of fused-ring (bicyclic) bond motifs is 1. The average molecular weight is 257 g/mol. The summed E-state index contributed by atoms with van der Waals surface area (Å²) in [6.45, 7) is 0. The molecule has 1 saturated carbocycles. The molecule has 1 N–H and O–H groups in total. The number of hydrogen-bond acceptors (Lipinski definition) is 3. The van der Waals surface area contributed by atoms with Gasteiger partial charge in [0.15, 0.2) is 0 Å². The van der Waals surface area contributed by atoms with Gasteiger partial charge in [-0.15, -0.1) is 0 Å². The number of aliphatic imine (C=N–C) groups is 1. The summed E-state index contributed by atoms with van der Waals surface area (Å²) in [4.78, 5) is 15.0. The molecule has 2 aliphatic carbocycles. The lowest BCUT2D eigenvalue weighted by Gasteiger charge is -2.29. The first-order valence-corrected chi connectivity index (χ1v) is 7.20. The maximum atomic E-state index is 10.8. The van der Waals surface area contributed by atoms with Crippen LogP contribution in [0.15, 0.2) is 17.1 Å². The van der Waals surface area contributed by atoms with Crippen molar-refractivity contribution in [3.63, 3.8) is 0 Å². The highest BCUT2D eigenvalue weighted by Crippen LogP contribution is 2.46. The van der Waals surface area contributed by atoms with E-state index >= 15 is 0 Å². The number of benzene rings is 1. The Hall–Kier alpha value is -1.60. The highest BCUT2D eigenvalue weighted by Gasteiger charge is 2.38. The van der Waals surface area contributed by atoms with Gasteiger partial charge in [-0.25, -0.2) is 4.79 Å². The van der Waals surface area contributed by atoms with Crippen LogP contribution in [0.2, 0.25) is 0 Å². The van der Waals surface area contributed by atoms with Crippen molar-refractivity contribution in [1.82, 2.24) is 0 Å². The maximum absolute atomic E-state index is 10.8. The van der Waals surface area contributed by atoms with Crippen molar-refractivity contribution in [2.45, 2.75) is 56.9 Å². The summed E-state index contributed by atoms with van der Waals surface area (Å²) in [6.07, 6.45) is 10.1. The molecule has 0 aromatic heterocycles. The number of rotatable bonds is 2. The molecule has 0 unspecified atom stereocenters. The van der Waals surface area contributed by atoms with E-state index in [1.54, 1.807) is 12.1 Å². The molecule has 1 aromatic rings. The molecule has 1 fully saturated rings. The molecule has 0 heterocycles. The van der Waals surface area contributed by atoms with Gasteiger partial charge in [0.25, 0.3) is 0 Å². The third-order valence-corrected chi connectivity index (χ3v) is 4.70. The van der Waals surface area contributed by atoms with Gasteiger partial charge in [0.1, 0.15) is 5.75 Å². The number of phenols is 1. The van der Waals surface area contributed by atoms with E-state index in [1.807, 2.05) is 6.07 Å². The fraction of sp³-hybridized carbons (Fsp3) is 0.562. The van der Waals surface area contributed by atoms with E-state index in [0.29, 0.717) is 5.75 Å². The molecular formula is C16H19NO2. The van der Waals surface area contributed by atoms with Crippen LogP contribution in [-0.2, 0) is 23.2 Å². The normalized spacial score (nSPS) is 20.6. The van der Waals surface area contributed by atoms with Gasteiger partial charge in [-0.2, -0.15) is 4.99 Å². The second-order valence-electron chi connectivity index (χ2n) is 5.74. The summed E-state index contributed by atoms with van der Waals surface area (Å²) in [5.74, 6) is 0.404. The number of nitrogens with zero attached hydrogens (tertiary/aromatic N) is 1. The predicted molar refractivity (Wildman–Crippen MR) is 73.0 cm³/mol. The van der Waals surface area contributed by atoms with Crippen molar-refractivity contribution >= 4 is 6.08 Å².